The lowest BCUT2D eigenvalue weighted by Gasteiger charge is -2.36. The van der Waals surface area contributed by atoms with E-state index in [0.29, 0.717) is 22.2 Å². The predicted molar refractivity (Wildman–Crippen MR) is 135 cm³/mol. The molecule has 3 aromatic rings. The zero-order valence-electron chi connectivity index (χ0n) is 18.5. The van der Waals surface area contributed by atoms with Crippen molar-refractivity contribution in [1.82, 2.24) is 4.90 Å². The Labute approximate surface area is 207 Å². The van der Waals surface area contributed by atoms with Crippen molar-refractivity contribution in [3.63, 3.8) is 0 Å². The third-order valence-corrected chi connectivity index (χ3v) is 8.71. The van der Waals surface area contributed by atoms with Gasteiger partial charge in [0, 0.05) is 45.4 Å². The van der Waals surface area contributed by atoms with E-state index in [1.54, 1.807) is 18.9 Å². The summed E-state index contributed by atoms with van der Waals surface area (Å²) in [5, 5.41) is 3.74. The van der Waals surface area contributed by atoms with E-state index in [1.807, 2.05) is 72.8 Å². The number of nitrogens with one attached hydrogen (secondary N) is 1. The lowest BCUT2D eigenvalue weighted by molar-refractivity contribution is -0.127. The number of nitrogens with zero attached hydrogens (tertiary/aromatic N) is 1. The zero-order chi connectivity index (χ0) is 23.4. The summed E-state index contributed by atoms with van der Waals surface area (Å²) in [5.74, 6) is 1.26. The molecule has 0 aromatic heterocycles. The van der Waals surface area contributed by atoms with Gasteiger partial charge in [-0.25, -0.2) is 0 Å². The van der Waals surface area contributed by atoms with Crippen LogP contribution in [-0.2, 0) is 10.3 Å². The van der Waals surface area contributed by atoms with Gasteiger partial charge in [0.2, 0.25) is 5.91 Å². The Morgan fingerprint density at radius 1 is 1.12 bits per heavy atom. The Morgan fingerprint density at radius 2 is 1.88 bits per heavy atom. The fourth-order valence-electron chi connectivity index (χ4n) is 6.02. The largest absolute Gasteiger partial charge is 0.497 e. The molecule has 2 fully saturated rings. The molecule has 3 aliphatic heterocycles. The van der Waals surface area contributed by atoms with Gasteiger partial charge in [-0.1, -0.05) is 54.1 Å². The van der Waals surface area contributed by atoms with Crippen molar-refractivity contribution in [2.45, 2.75) is 17.5 Å². The smallest absolute Gasteiger partial charge is 0.250 e. The fraction of sp³-hybridized carbons (Fsp3) is 0.259. The number of ether oxygens (including phenoxy) is 1. The molecule has 34 heavy (non-hydrogen) atoms. The Hall–Kier alpha value is -2.80. The SMILES string of the molecule is COc1ccc2c(c1)[C@]1(C(=O)N2)[C@@H](C(=O)c2ccccc2)[C@H](c2ccc(Cl)cc2)[C@H]2CSCN21. The molecule has 1 amide bonds. The predicted octanol–water partition coefficient (Wildman–Crippen LogP) is 5.17. The number of benzene rings is 3. The van der Waals surface area contributed by atoms with Crippen LogP contribution >= 0.6 is 23.4 Å². The topological polar surface area (TPSA) is 58.6 Å². The molecule has 172 valence electrons. The molecule has 0 radical (unpaired) electrons. The highest BCUT2D eigenvalue weighted by Gasteiger charge is 2.69. The number of carbonyl (C=O) groups excluding carboxylic acids is 2. The van der Waals surface area contributed by atoms with E-state index < -0.39 is 11.5 Å². The maximum Gasteiger partial charge on any atom is 0.250 e. The quantitative estimate of drug-likeness (QED) is 0.511. The molecule has 5 nitrogen and oxygen atoms in total. The molecule has 3 aliphatic rings. The van der Waals surface area contributed by atoms with Gasteiger partial charge in [0.15, 0.2) is 5.78 Å². The van der Waals surface area contributed by atoms with E-state index in [0.717, 1.165) is 22.6 Å². The number of thioether (sulfide) groups is 1. The van der Waals surface area contributed by atoms with Gasteiger partial charge in [-0.15, -0.1) is 11.8 Å². The second-order valence-corrected chi connectivity index (χ2v) is 10.4. The van der Waals surface area contributed by atoms with Gasteiger partial charge < -0.3 is 10.1 Å². The minimum Gasteiger partial charge on any atom is -0.497 e. The van der Waals surface area contributed by atoms with Crippen LogP contribution in [-0.4, -0.2) is 41.4 Å². The molecule has 0 saturated carbocycles. The highest BCUT2D eigenvalue weighted by molar-refractivity contribution is 7.99. The fourth-order valence-corrected chi connectivity index (χ4v) is 7.47. The van der Waals surface area contributed by atoms with Crippen molar-refractivity contribution in [2.75, 3.05) is 24.1 Å². The van der Waals surface area contributed by atoms with Crippen LogP contribution in [0.1, 0.15) is 27.4 Å². The molecule has 3 heterocycles. The Morgan fingerprint density at radius 3 is 2.62 bits per heavy atom. The van der Waals surface area contributed by atoms with Crippen molar-refractivity contribution < 1.29 is 14.3 Å². The molecule has 4 atom stereocenters. The summed E-state index contributed by atoms with van der Waals surface area (Å²) in [7, 11) is 1.62. The number of fused-ring (bicyclic) bond motifs is 4. The lowest BCUT2D eigenvalue weighted by atomic mass is 9.69. The zero-order valence-corrected chi connectivity index (χ0v) is 20.1. The van der Waals surface area contributed by atoms with Crippen LogP contribution in [0, 0.1) is 5.92 Å². The van der Waals surface area contributed by atoms with E-state index in [2.05, 4.69) is 10.2 Å². The number of methoxy groups -OCH3 is 1. The van der Waals surface area contributed by atoms with E-state index in [9.17, 15) is 9.59 Å². The number of anilines is 1. The normalized spacial score (nSPS) is 27.5. The van der Waals surface area contributed by atoms with Crippen LogP contribution < -0.4 is 10.1 Å². The van der Waals surface area contributed by atoms with Gasteiger partial charge >= 0.3 is 0 Å². The minimum atomic E-state index is -1.12. The maximum atomic E-state index is 14.3. The van der Waals surface area contributed by atoms with Crippen LogP contribution in [0.3, 0.4) is 0 Å². The second kappa shape index (κ2) is 8.15. The molecule has 1 spiro atoms. The maximum absolute atomic E-state index is 14.3. The van der Waals surface area contributed by atoms with Crippen molar-refractivity contribution >= 4 is 40.7 Å². The number of hydrogen-bond acceptors (Lipinski definition) is 5. The summed E-state index contributed by atoms with van der Waals surface area (Å²) in [5.41, 5.74) is 2.08. The summed E-state index contributed by atoms with van der Waals surface area (Å²) < 4.78 is 5.53. The van der Waals surface area contributed by atoms with E-state index >= 15 is 0 Å². The average Bonchev–Trinajstić information content (AvgIpc) is 3.53. The van der Waals surface area contributed by atoms with Gasteiger partial charge in [-0.3, -0.25) is 14.5 Å². The number of carbonyl (C=O) groups is 2. The summed E-state index contributed by atoms with van der Waals surface area (Å²) in [6.45, 7) is 0. The van der Waals surface area contributed by atoms with E-state index in [-0.39, 0.29) is 23.7 Å². The number of halogens is 1. The first-order chi connectivity index (χ1) is 16.6. The monoisotopic (exact) mass is 490 g/mol. The van der Waals surface area contributed by atoms with Gasteiger partial charge in [0.05, 0.1) is 13.0 Å². The first kappa shape index (κ1) is 21.7. The second-order valence-electron chi connectivity index (χ2n) is 8.95. The van der Waals surface area contributed by atoms with Crippen LogP contribution in [0.25, 0.3) is 0 Å². The summed E-state index contributed by atoms with van der Waals surface area (Å²) in [6, 6.07) is 22.7. The summed E-state index contributed by atoms with van der Waals surface area (Å²) in [4.78, 5) is 30.6. The molecule has 3 aromatic carbocycles. The molecular weight excluding hydrogens is 468 g/mol. The van der Waals surface area contributed by atoms with Crippen molar-refractivity contribution in [2.24, 2.45) is 5.92 Å². The highest BCUT2D eigenvalue weighted by Crippen LogP contribution is 2.61. The van der Waals surface area contributed by atoms with Crippen molar-refractivity contribution in [3.05, 3.63) is 94.5 Å². The molecule has 0 bridgehead atoms. The Bertz CT molecular complexity index is 1280. The highest BCUT2D eigenvalue weighted by atomic mass is 35.5. The Kier molecular flexibility index (Phi) is 5.21. The van der Waals surface area contributed by atoms with Crippen molar-refractivity contribution in [3.8, 4) is 5.75 Å². The number of rotatable bonds is 4. The first-order valence-electron chi connectivity index (χ1n) is 11.2. The van der Waals surface area contributed by atoms with E-state index in [4.69, 9.17) is 16.3 Å². The molecule has 6 rings (SSSR count). The number of amides is 1. The molecule has 0 unspecified atom stereocenters. The van der Waals surface area contributed by atoms with Gasteiger partial charge in [-0.05, 0) is 35.9 Å². The van der Waals surface area contributed by atoms with Gasteiger partial charge in [0.1, 0.15) is 11.3 Å². The average molecular weight is 491 g/mol. The summed E-state index contributed by atoms with van der Waals surface area (Å²) in [6.07, 6.45) is 0. The molecule has 7 heteroatoms. The third-order valence-electron chi connectivity index (χ3n) is 7.42. The van der Waals surface area contributed by atoms with Gasteiger partial charge in [-0.2, -0.15) is 0 Å². The molecule has 0 aliphatic carbocycles. The number of ketones is 1. The van der Waals surface area contributed by atoms with Crippen LogP contribution in [0.2, 0.25) is 5.02 Å². The number of Topliss-reactive ketones (excluding diaryl/α,β-unsaturated/α-hetero) is 1. The van der Waals surface area contributed by atoms with Crippen LogP contribution in [0.15, 0.2) is 72.8 Å². The first-order valence-corrected chi connectivity index (χ1v) is 12.8. The lowest BCUT2D eigenvalue weighted by Crippen LogP contribution is -2.52. The van der Waals surface area contributed by atoms with E-state index in [1.165, 1.54) is 0 Å². The van der Waals surface area contributed by atoms with Crippen LogP contribution in [0.5, 0.6) is 5.75 Å². The third kappa shape index (κ3) is 2.98. The molecular formula is C27H23ClN2O3S. The van der Waals surface area contributed by atoms with Crippen LogP contribution in [0.4, 0.5) is 5.69 Å². The molecule has 2 saturated heterocycles. The minimum absolute atomic E-state index is 0.0224. The standard InChI is InChI=1S/C27H23ClN2O3S/c1-33-19-11-12-21-20(13-19)27(26(32)29-21)24(25(31)17-5-3-2-4-6-17)23(22-14-34-15-30(22)27)16-7-9-18(28)10-8-16/h2-13,22-24H,14-15H2,1H3,(H,29,32)/t22-,23-,24-,27-/m1/s1. The molecule has 1 N–H and O–H groups in total. The Balaban J connectivity index is 1.62. The van der Waals surface area contributed by atoms with Crippen molar-refractivity contribution in [1.29, 1.82) is 0 Å². The van der Waals surface area contributed by atoms with Gasteiger partial charge in [0.25, 0.3) is 0 Å². The summed E-state index contributed by atoms with van der Waals surface area (Å²) >= 11 is 8.01. The number of hydrogen-bond donors (Lipinski definition) is 1.